The largest absolute Gasteiger partial charge is 0.289 e. The van der Waals surface area contributed by atoms with E-state index in [4.69, 9.17) is 23.2 Å². The standard InChI is InChI=1S/C15H9Cl2NO3/c16-13-2-1-3-14(17)12(13)8-9-15(19)10-4-6-11(7-5-10)18(20)21/h1-9H/b9-8+. The third-order valence-electron chi connectivity index (χ3n) is 2.76. The van der Waals surface area contributed by atoms with E-state index in [2.05, 4.69) is 0 Å². The van der Waals surface area contributed by atoms with Crippen LogP contribution in [0.1, 0.15) is 15.9 Å². The molecule has 0 heterocycles. The van der Waals surface area contributed by atoms with Gasteiger partial charge in [0.05, 0.1) is 4.92 Å². The van der Waals surface area contributed by atoms with Crippen LogP contribution in [0.3, 0.4) is 0 Å². The fourth-order valence-electron chi connectivity index (χ4n) is 1.67. The number of non-ortho nitro benzene ring substituents is 1. The second-order valence-electron chi connectivity index (χ2n) is 4.14. The third-order valence-corrected chi connectivity index (χ3v) is 3.42. The Morgan fingerprint density at radius 2 is 1.62 bits per heavy atom. The van der Waals surface area contributed by atoms with E-state index in [1.54, 1.807) is 18.2 Å². The second-order valence-corrected chi connectivity index (χ2v) is 4.95. The van der Waals surface area contributed by atoms with Crippen molar-refractivity contribution < 1.29 is 9.72 Å². The Hall–Kier alpha value is -2.17. The normalized spacial score (nSPS) is 10.8. The maximum atomic E-state index is 12.0. The summed E-state index contributed by atoms with van der Waals surface area (Å²) in [6, 6.07) is 10.4. The number of carbonyl (C=O) groups is 1. The Bertz CT molecular complexity index is 704. The molecule has 0 radical (unpaired) electrons. The molecule has 0 saturated heterocycles. The first-order valence-corrected chi connectivity index (χ1v) is 6.65. The van der Waals surface area contributed by atoms with Gasteiger partial charge in [-0.25, -0.2) is 0 Å². The van der Waals surface area contributed by atoms with E-state index in [1.165, 1.54) is 36.4 Å². The Balaban J connectivity index is 2.21. The van der Waals surface area contributed by atoms with Crippen LogP contribution in [0.5, 0.6) is 0 Å². The van der Waals surface area contributed by atoms with Crippen LogP contribution in [0, 0.1) is 10.1 Å². The minimum Gasteiger partial charge on any atom is -0.289 e. The molecule has 0 aliphatic rings. The van der Waals surface area contributed by atoms with Crippen LogP contribution in [-0.4, -0.2) is 10.7 Å². The van der Waals surface area contributed by atoms with E-state index >= 15 is 0 Å². The SMILES string of the molecule is O=C(/C=C/c1c(Cl)cccc1Cl)c1ccc([N+](=O)[O-])cc1. The number of rotatable bonds is 4. The summed E-state index contributed by atoms with van der Waals surface area (Å²) in [4.78, 5) is 22.0. The molecule has 0 amide bonds. The predicted octanol–water partition coefficient (Wildman–Crippen LogP) is 4.80. The van der Waals surface area contributed by atoms with E-state index in [-0.39, 0.29) is 11.5 Å². The number of nitro benzene ring substituents is 1. The van der Waals surface area contributed by atoms with Crippen LogP contribution >= 0.6 is 23.2 Å². The highest BCUT2D eigenvalue weighted by molar-refractivity contribution is 6.37. The molecule has 0 bridgehead atoms. The number of hydrogen-bond donors (Lipinski definition) is 0. The van der Waals surface area contributed by atoms with Crippen molar-refractivity contribution in [3.63, 3.8) is 0 Å². The molecule has 2 aromatic carbocycles. The van der Waals surface area contributed by atoms with Crippen molar-refractivity contribution in [1.82, 2.24) is 0 Å². The lowest BCUT2D eigenvalue weighted by Gasteiger charge is -2.00. The molecule has 0 unspecified atom stereocenters. The lowest BCUT2D eigenvalue weighted by atomic mass is 10.1. The zero-order chi connectivity index (χ0) is 15.4. The molecule has 0 atom stereocenters. The number of ketones is 1. The molecule has 0 aliphatic carbocycles. The van der Waals surface area contributed by atoms with Crippen molar-refractivity contribution in [2.75, 3.05) is 0 Å². The van der Waals surface area contributed by atoms with E-state index in [0.717, 1.165) is 0 Å². The van der Waals surface area contributed by atoms with E-state index < -0.39 is 4.92 Å². The van der Waals surface area contributed by atoms with Gasteiger partial charge in [0.1, 0.15) is 0 Å². The first kappa shape index (κ1) is 15.2. The molecule has 4 nitrogen and oxygen atoms in total. The minimum atomic E-state index is -0.520. The van der Waals surface area contributed by atoms with Crippen LogP contribution in [0.4, 0.5) is 5.69 Å². The first-order valence-electron chi connectivity index (χ1n) is 5.90. The number of benzene rings is 2. The molecule has 2 aromatic rings. The highest BCUT2D eigenvalue weighted by atomic mass is 35.5. The number of allylic oxidation sites excluding steroid dienone is 1. The molecule has 6 heteroatoms. The fraction of sp³-hybridized carbons (Fsp3) is 0. The summed E-state index contributed by atoms with van der Waals surface area (Å²) in [5, 5.41) is 11.4. The predicted molar refractivity (Wildman–Crippen MR) is 82.9 cm³/mol. The van der Waals surface area contributed by atoms with Crippen LogP contribution < -0.4 is 0 Å². The molecular weight excluding hydrogens is 313 g/mol. The Morgan fingerprint density at radius 3 is 2.14 bits per heavy atom. The number of nitro groups is 1. The zero-order valence-electron chi connectivity index (χ0n) is 10.6. The van der Waals surface area contributed by atoms with Gasteiger partial charge < -0.3 is 0 Å². The highest BCUT2D eigenvalue weighted by Gasteiger charge is 2.08. The fourth-order valence-corrected chi connectivity index (χ4v) is 2.20. The molecule has 0 aromatic heterocycles. The quantitative estimate of drug-likeness (QED) is 0.352. The van der Waals surface area contributed by atoms with Crippen molar-refractivity contribution in [1.29, 1.82) is 0 Å². The molecule has 0 saturated carbocycles. The van der Waals surface area contributed by atoms with Crippen LogP contribution in [-0.2, 0) is 0 Å². The smallest absolute Gasteiger partial charge is 0.269 e. The Labute approximate surface area is 130 Å². The average Bonchev–Trinajstić information content (AvgIpc) is 2.46. The molecule has 2 rings (SSSR count). The van der Waals surface area contributed by atoms with Gasteiger partial charge in [-0.1, -0.05) is 29.3 Å². The van der Waals surface area contributed by atoms with E-state index in [1.807, 2.05) is 0 Å². The van der Waals surface area contributed by atoms with E-state index in [9.17, 15) is 14.9 Å². The minimum absolute atomic E-state index is 0.0651. The van der Waals surface area contributed by atoms with Gasteiger partial charge in [0.25, 0.3) is 5.69 Å². The van der Waals surface area contributed by atoms with Crippen molar-refractivity contribution in [3.8, 4) is 0 Å². The summed E-state index contributed by atoms with van der Waals surface area (Å²) in [6.07, 6.45) is 2.85. The molecular formula is C15H9Cl2NO3. The van der Waals surface area contributed by atoms with Crippen molar-refractivity contribution in [2.24, 2.45) is 0 Å². The van der Waals surface area contributed by atoms with Crippen LogP contribution in [0.2, 0.25) is 10.0 Å². The summed E-state index contributed by atoms with van der Waals surface area (Å²) in [6.45, 7) is 0. The highest BCUT2D eigenvalue weighted by Crippen LogP contribution is 2.25. The molecule has 106 valence electrons. The monoisotopic (exact) mass is 321 g/mol. The molecule has 0 aliphatic heterocycles. The van der Waals surface area contributed by atoms with Gasteiger partial charge >= 0.3 is 0 Å². The van der Waals surface area contributed by atoms with Crippen LogP contribution in [0.25, 0.3) is 6.08 Å². The summed E-state index contributed by atoms with van der Waals surface area (Å²) in [5.41, 5.74) is 0.834. The summed E-state index contributed by atoms with van der Waals surface area (Å²) in [7, 11) is 0. The molecule has 0 N–H and O–H groups in total. The zero-order valence-corrected chi connectivity index (χ0v) is 12.1. The van der Waals surface area contributed by atoms with Gasteiger partial charge in [-0.05, 0) is 36.4 Å². The number of hydrogen-bond acceptors (Lipinski definition) is 3. The topological polar surface area (TPSA) is 60.2 Å². The second kappa shape index (κ2) is 6.52. The maximum Gasteiger partial charge on any atom is 0.269 e. The summed E-state index contributed by atoms with van der Waals surface area (Å²) < 4.78 is 0. The van der Waals surface area contributed by atoms with Gasteiger partial charge in [0.15, 0.2) is 5.78 Å². The van der Waals surface area contributed by atoms with Crippen LogP contribution in [0.15, 0.2) is 48.5 Å². The van der Waals surface area contributed by atoms with E-state index in [0.29, 0.717) is 21.2 Å². The number of nitrogens with zero attached hydrogens (tertiary/aromatic N) is 1. The van der Waals surface area contributed by atoms with Crippen molar-refractivity contribution in [2.45, 2.75) is 0 Å². The summed E-state index contributed by atoms with van der Waals surface area (Å²) >= 11 is 12.0. The maximum absolute atomic E-state index is 12.0. The lowest BCUT2D eigenvalue weighted by Crippen LogP contribution is -1.95. The Kier molecular flexibility index (Phi) is 4.73. The molecule has 21 heavy (non-hydrogen) atoms. The van der Waals surface area contributed by atoms with Crippen molar-refractivity contribution in [3.05, 3.63) is 79.8 Å². The number of halogens is 2. The first-order chi connectivity index (χ1) is 9.99. The average molecular weight is 322 g/mol. The van der Waals surface area contributed by atoms with Gasteiger partial charge in [-0.15, -0.1) is 0 Å². The number of carbonyl (C=O) groups excluding carboxylic acids is 1. The van der Waals surface area contributed by atoms with Gasteiger partial charge in [0.2, 0.25) is 0 Å². The van der Waals surface area contributed by atoms with Gasteiger partial charge in [0, 0.05) is 33.3 Å². The Morgan fingerprint density at radius 1 is 1.05 bits per heavy atom. The van der Waals surface area contributed by atoms with Crippen molar-refractivity contribution >= 4 is 40.7 Å². The third kappa shape index (κ3) is 3.68. The molecule has 0 fully saturated rings. The lowest BCUT2D eigenvalue weighted by molar-refractivity contribution is -0.384. The summed E-state index contributed by atoms with van der Waals surface area (Å²) in [5.74, 6) is -0.291. The van der Waals surface area contributed by atoms with Gasteiger partial charge in [-0.3, -0.25) is 14.9 Å². The molecule has 0 spiro atoms. The van der Waals surface area contributed by atoms with Gasteiger partial charge in [-0.2, -0.15) is 0 Å².